The third kappa shape index (κ3) is 2.95. The van der Waals surface area contributed by atoms with Crippen molar-refractivity contribution in [2.75, 3.05) is 0 Å². The standard InChI is InChI=1S/C10H13BBrFO2/c1-6(2)15-8-5-4-7(13)9(10(8)12)11(3)14/h4-6,14H,1-3H3. The Hall–Kier alpha value is -0.545. The number of benzene rings is 1. The molecule has 0 aliphatic carbocycles. The Morgan fingerprint density at radius 3 is 2.53 bits per heavy atom. The van der Waals surface area contributed by atoms with Crippen LogP contribution in [0.4, 0.5) is 4.39 Å². The first kappa shape index (κ1) is 12.5. The van der Waals surface area contributed by atoms with Crippen molar-refractivity contribution in [2.45, 2.75) is 26.8 Å². The maximum absolute atomic E-state index is 13.4. The highest BCUT2D eigenvalue weighted by molar-refractivity contribution is 9.10. The minimum absolute atomic E-state index is 0.00797. The van der Waals surface area contributed by atoms with Gasteiger partial charge in [0.2, 0.25) is 0 Å². The topological polar surface area (TPSA) is 29.5 Å². The molecule has 5 heteroatoms. The number of hydrogen-bond acceptors (Lipinski definition) is 2. The molecule has 82 valence electrons. The van der Waals surface area contributed by atoms with E-state index in [0.717, 1.165) is 0 Å². The Morgan fingerprint density at radius 2 is 2.07 bits per heavy atom. The summed E-state index contributed by atoms with van der Waals surface area (Å²) < 4.78 is 19.3. The van der Waals surface area contributed by atoms with Crippen LogP contribution < -0.4 is 10.2 Å². The van der Waals surface area contributed by atoms with Gasteiger partial charge in [0.05, 0.1) is 10.6 Å². The van der Waals surface area contributed by atoms with E-state index in [9.17, 15) is 9.41 Å². The number of ether oxygens (including phenoxy) is 1. The molecule has 15 heavy (non-hydrogen) atoms. The second-order valence-electron chi connectivity index (χ2n) is 3.62. The van der Waals surface area contributed by atoms with Crippen LogP contribution in [0, 0.1) is 5.82 Å². The van der Waals surface area contributed by atoms with Crippen LogP contribution in [-0.4, -0.2) is 18.0 Å². The summed E-state index contributed by atoms with van der Waals surface area (Å²) in [5.74, 6) is 0.107. The van der Waals surface area contributed by atoms with Gasteiger partial charge in [0.25, 0.3) is 0 Å². The summed E-state index contributed by atoms with van der Waals surface area (Å²) in [6, 6.07) is 2.84. The lowest BCUT2D eigenvalue weighted by molar-refractivity contribution is 0.240. The predicted octanol–water partition coefficient (Wildman–Crippen LogP) is 2.20. The van der Waals surface area contributed by atoms with E-state index in [1.807, 2.05) is 13.8 Å². The summed E-state index contributed by atoms with van der Waals surface area (Å²) in [6.45, 7) is 4.42. The van der Waals surface area contributed by atoms with Crippen LogP contribution in [0.2, 0.25) is 6.82 Å². The van der Waals surface area contributed by atoms with Crippen molar-refractivity contribution < 1.29 is 14.2 Å². The van der Waals surface area contributed by atoms with Crippen LogP contribution in [0.15, 0.2) is 16.6 Å². The average Bonchev–Trinajstić information content (AvgIpc) is 2.09. The Bertz CT molecular complexity index is 356. The molecule has 0 saturated heterocycles. The Labute approximate surface area is 97.7 Å². The first-order chi connectivity index (χ1) is 6.93. The normalized spacial score (nSPS) is 10.6. The molecule has 0 aromatic heterocycles. The largest absolute Gasteiger partial charge is 0.490 e. The van der Waals surface area contributed by atoms with Crippen LogP contribution in [0.25, 0.3) is 0 Å². The zero-order chi connectivity index (χ0) is 11.6. The molecule has 1 aromatic rings. The van der Waals surface area contributed by atoms with E-state index in [2.05, 4.69) is 15.9 Å². The summed E-state index contributed by atoms with van der Waals surface area (Å²) in [5, 5.41) is 9.42. The fraction of sp³-hybridized carbons (Fsp3) is 0.400. The zero-order valence-electron chi connectivity index (χ0n) is 8.92. The maximum Gasteiger partial charge on any atom is 0.324 e. The first-order valence-corrected chi connectivity index (χ1v) is 5.55. The Morgan fingerprint density at radius 1 is 1.47 bits per heavy atom. The quantitative estimate of drug-likeness (QED) is 0.857. The van der Waals surface area contributed by atoms with Crippen molar-refractivity contribution in [3.63, 3.8) is 0 Å². The summed E-state index contributed by atoms with van der Waals surface area (Å²) in [4.78, 5) is 0. The third-order valence-electron chi connectivity index (χ3n) is 1.87. The van der Waals surface area contributed by atoms with Crippen molar-refractivity contribution in [3.8, 4) is 5.75 Å². The number of halogens is 2. The minimum atomic E-state index is -0.866. The van der Waals surface area contributed by atoms with Gasteiger partial charge >= 0.3 is 6.92 Å². The molecule has 1 N–H and O–H groups in total. The molecule has 0 saturated carbocycles. The third-order valence-corrected chi connectivity index (χ3v) is 2.69. The maximum atomic E-state index is 13.4. The highest BCUT2D eigenvalue weighted by Crippen LogP contribution is 2.25. The fourth-order valence-corrected chi connectivity index (χ4v) is 2.02. The van der Waals surface area contributed by atoms with Gasteiger partial charge in [-0.25, -0.2) is 4.39 Å². The van der Waals surface area contributed by atoms with Crippen molar-refractivity contribution >= 4 is 28.3 Å². The van der Waals surface area contributed by atoms with Crippen molar-refractivity contribution in [3.05, 3.63) is 22.4 Å². The molecular formula is C10H13BBrFO2. The van der Waals surface area contributed by atoms with Crippen LogP contribution in [0.3, 0.4) is 0 Å². The SMILES string of the molecule is CB(O)c1c(F)ccc(OC(C)C)c1Br. The average molecular weight is 275 g/mol. The molecule has 0 fully saturated rings. The molecule has 0 radical (unpaired) electrons. The Balaban J connectivity index is 3.16. The van der Waals surface area contributed by atoms with Gasteiger partial charge < -0.3 is 9.76 Å². The van der Waals surface area contributed by atoms with Gasteiger partial charge in [-0.05, 0) is 41.9 Å². The van der Waals surface area contributed by atoms with E-state index in [1.54, 1.807) is 6.07 Å². The van der Waals surface area contributed by atoms with E-state index in [0.29, 0.717) is 10.2 Å². The zero-order valence-corrected chi connectivity index (χ0v) is 10.5. The van der Waals surface area contributed by atoms with Gasteiger partial charge in [0.1, 0.15) is 11.6 Å². The first-order valence-electron chi connectivity index (χ1n) is 4.76. The van der Waals surface area contributed by atoms with Crippen molar-refractivity contribution in [1.82, 2.24) is 0 Å². The lowest BCUT2D eigenvalue weighted by Crippen LogP contribution is -2.31. The number of hydrogen-bond donors (Lipinski definition) is 1. The highest BCUT2D eigenvalue weighted by atomic mass is 79.9. The second-order valence-corrected chi connectivity index (χ2v) is 4.41. The van der Waals surface area contributed by atoms with E-state index in [1.165, 1.54) is 12.9 Å². The van der Waals surface area contributed by atoms with Crippen LogP contribution in [0.1, 0.15) is 13.8 Å². The molecule has 1 aromatic carbocycles. The summed E-state index contributed by atoms with van der Waals surface area (Å²) in [6.07, 6.45) is 0.00797. The van der Waals surface area contributed by atoms with E-state index in [4.69, 9.17) is 4.74 Å². The molecule has 0 heterocycles. The predicted molar refractivity (Wildman–Crippen MR) is 63.3 cm³/mol. The molecule has 0 aliphatic heterocycles. The monoisotopic (exact) mass is 274 g/mol. The van der Waals surface area contributed by atoms with Crippen LogP contribution in [-0.2, 0) is 0 Å². The molecule has 2 nitrogen and oxygen atoms in total. The number of rotatable bonds is 3. The lowest BCUT2D eigenvalue weighted by Gasteiger charge is -2.15. The molecule has 0 spiro atoms. The van der Waals surface area contributed by atoms with Gasteiger partial charge in [0, 0.05) is 5.46 Å². The van der Waals surface area contributed by atoms with Gasteiger partial charge in [-0.2, -0.15) is 0 Å². The van der Waals surface area contributed by atoms with Gasteiger partial charge in [-0.1, -0.05) is 6.82 Å². The van der Waals surface area contributed by atoms with E-state index in [-0.39, 0.29) is 11.6 Å². The van der Waals surface area contributed by atoms with E-state index < -0.39 is 12.7 Å². The fourth-order valence-electron chi connectivity index (χ4n) is 1.28. The van der Waals surface area contributed by atoms with Crippen LogP contribution in [0.5, 0.6) is 5.75 Å². The lowest BCUT2D eigenvalue weighted by atomic mass is 9.64. The smallest absolute Gasteiger partial charge is 0.324 e. The molecule has 0 aliphatic rings. The molecular weight excluding hydrogens is 262 g/mol. The molecule has 1 rings (SSSR count). The minimum Gasteiger partial charge on any atom is -0.490 e. The van der Waals surface area contributed by atoms with Gasteiger partial charge in [-0.3, -0.25) is 0 Å². The molecule has 0 bridgehead atoms. The molecule has 0 amide bonds. The summed E-state index contributed by atoms with van der Waals surface area (Å²) in [5.41, 5.74) is 0.230. The highest BCUT2D eigenvalue weighted by Gasteiger charge is 2.19. The summed E-state index contributed by atoms with van der Waals surface area (Å²) >= 11 is 3.24. The van der Waals surface area contributed by atoms with E-state index >= 15 is 0 Å². The van der Waals surface area contributed by atoms with Crippen LogP contribution >= 0.6 is 15.9 Å². The van der Waals surface area contributed by atoms with Gasteiger partial charge in [-0.15, -0.1) is 0 Å². The molecule has 0 atom stereocenters. The Kier molecular flexibility index (Phi) is 4.17. The molecule has 0 unspecified atom stereocenters. The van der Waals surface area contributed by atoms with Gasteiger partial charge in [0.15, 0.2) is 0 Å². The van der Waals surface area contributed by atoms with Crippen molar-refractivity contribution in [1.29, 1.82) is 0 Å². The van der Waals surface area contributed by atoms with Crippen molar-refractivity contribution in [2.24, 2.45) is 0 Å². The summed E-state index contributed by atoms with van der Waals surface area (Å²) in [7, 11) is 0. The second kappa shape index (κ2) is 4.99.